The molecule has 0 aliphatic rings. The smallest absolute Gasteiger partial charge is 0.305 e. The van der Waals surface area contributed by atoms with Gasteiger partial charge < -0.3 is 15.2 Å². The van der Waals surface area contributed by atoms with Gasteiger partial charge in [-0.2, -0.15) is 11.8 Å². The predicted octanol–water partition coefficient (Wildman–Crippen LogP) is 0.645. The van der Waals surface area contributed by atoms with Gasteiger partial charge in [0.15, 0.2) is 0 Å². The Bertz CT molecular complexity index is 156. The van der Waals surface area contributed by atoms with Crippen LogP contribution in [0.2, 0.25) is 0 Å². The van der Waals surface area contributed by atoms with Gasteiger partial charge in [-0.25, -0.2) is 0 Å². The van der Waals surface area contributed by atoms with Gasteiger partial charge in [-0.3, -0.25) is 4.79 Å². The van der Waals surface area contributed by atoms with Gasteiger partial charge in [-0.1, -0.05) is 0 Å². The molecule has 0 rings (SSSR count). The lowest BCUT2D eigenvalue weighted by Crippen LogP contribution is -2.19. The molecule has 0 saturated carbocycles. The molecule has 0 saturated heterocycles. The highest BCUT2D eigenvalue weighted by Gasteiger charge is 1.98. The fourth-order valence-electron chi connectivity index (χ4n) is 0.998. The summed E-state index contributed by atoms with van der Waals surface area (Å²) in [5, 5.41) is 11.8. The van der Waals surface area contributed by atoms with E-state index >= 15 is 0 Å². The maximum absolute atomic E-state index is 10.7. The van der Waals surface area contributed by atoms with Crippen molar-refractivity contribution in [3.05, 3.63) is 0 Å². The first-order valence-electron chi connectivity index (χ1n) is 5.27. The molecule has 5 heteroatoms. The molecule has 90 valence electrons. The monoisotopic (exact) mass is 235 g/mol. The minimum atomic E-state index is -0.144. The summed E-state index contributed by atoms with van der Waals surface area (Å²) in [6.45, 7) is 2.09. The fourth-order valence-corrected chi connectivity index (χ4v) is 1.82. The van der Waals surface area contributed by atoms with Crippen molar-refractivity contribution in [1.29, 1.82) is 0 Å². The highest BCUT2D eigenvalue weighted by molar-refractivity contribution is 7.99. The summed E-state index contributed by atoms with van der Waals surface area (Å²) in [6, 6.07) is 0. The Morgan fingerprint density at radius 3 is 2.80 bits per heavy atom. The van der Waals surface area contributed by atoms with E-state index in [1.54, 1.807) is 0 Å². The number of rotatable bonds is 10. The van der Waals surface area contributed by atoms with Crippen LogP contribution in [0.15, 0.2) is 0 Å². The molecule has 0 spiro atoms. The fraction of sp³-hybridized carbons (Fsp3) is 0.900. The Morgan fingerprint density at radius 2 is 2.13 bits per heavy atom. The quantitative estimate of drug-likeness (QED) is 0.430. The zero-order chi connectivity index (χ0) is 11.4. The van der Waals surface area contributed by atoms with Crippen molar-refractivity contribution in [3.8, 4) is 0 Å². The summed E-state index contributed by atoms with van der Waals surface area (Å²) in [4.78, 5) is 10.7. The first-order valence-corrected chi connectivity index (χ1v) is 6.43. The second kappa shape index (κ2) is 11.8. The van der Waals surface area contributed by atoms with Crippen LogP contribution in [0, 0.1) is 0 Å². The molecule has 0 bridgehead atoms. The first kappa shape index (κ1) is 14.7. The van der Waals surface area contributed by atoms with E-state index in [4.69, 9.17) is 5.11 Å². The van der Waals surface area contributed by atoms with E-state index in [-0.39, 0.29) is 12.6 Å². The second-order valence-corrected chi connectivity index (χ2v) is 4.34. The molecule has 0 fully saturated rings. The van der Waals surface area contributed by atoms with Crippen molar-refractivity contribution in [3.63, 3.8) is 0 Å². The minimum Gasteiger partial charge on any atom is -0.469 e. The lowest BCUT2D eigenvalue weighted by atomic mass is 10.3. The number of esters is 1. The average molecular weight is 235 g/mol. The van der Waals surface area contributed by atoms with Crippen molar-refractivity contribution < 1.29 is 14.6 Å². The topological polar surface area (TPSA) is 58.6 Å². The summed E-state index contributed by atoms with van der Waals surface area (Å²) < 4.78 is 4.53. The molecule has 0 aliphatic heterocycles. The number of carbonyl (C=O) groups is 1. The largest absolute Gasteiger partial charge is 0.469 e. The van der Waals surface area contributed by atoms with Gasteiger partial charge in [0.25, 0.3) is 0 Å². The van der Waals surface area contributed by atoms with Gasteiger partial charge in [0, 0.05) is 25.3 Å². The van der Waals surface area contributed by atoms with E-state index in [1.807, 2.05) is 11.8 Å². The number of thioether (sulfide) groups is 1. The Balaban J connectivity index is 2.95. The summed E-state index contributed by atoms with van der Waals surface area (Å²) in [6.07, 6.45) is 2.18. The van der Waals surface area contributed by atoms with Crippen LogP contribution in [0.1, 0.15) is 19.3 Å². The highest BCUT2D eigenvalue weighted by Crippen LogP contribution is 2.00. The van der Waals surface area contributed by atoms with Crippen molar-refractivity contribution in [2.24, 2.45) is 0 Å². The average Bonchev–Trinajstić information content (AvgIpc) is 2.26. The molecular formula is C10H21NO3S. The van der Waals surface area contributed by atoms with E-state index < -0.39 is 0 Å². The van der Waals surface area contributed by atoms with Crippen LogP contribution in [0.4, 0.5) is 0 Å². The van der Waals surface area contributed by atoms with Crippen LogP contribution >= 0.6 is 11.8 Å². The van der Waals surface area contributed by atoms with E-state index in [0.29, 0.717) is 6.42 Å². The molecule has 4 nitrogen and oxygen atoms in total. The van der Waals surface area contributed by atoms with E-state index in [2.05, 4.69) is 10.1 Å². The third-order valence-corrected chi connectivity index (χ3v) is 2.90. The van der Waals surface area contributed by atoms with Gasteiger partial charge in [-0.05, 0) is 25.1 Å². The van der Waals surface area contributed by atoms with Crippen LogP contribution < -0.4 is 5.32 Å². The number of aliphatic hydroxyl groups excluding tert-OH is 1. The number of carbonyl (C=O) groups excluding carboxylic acids is 1. The van der Waals surface area contributed by atoms with Crippen molar-refractivity contribution in [2.75, 3.05) is 38.3 Å². The SMILES string of the molecule is COC(=O)CCCNCCSCCCO. The molecule has 15 heavy (non-hydrogen) atoms. The van der Waals surface area contributed by atoms with Crippen LogP contribution in [-0.2, 0) is 9.53 Å². The highest BCUT2D eigenvalue weighted by atomic mass is 32.2. The normalized spacial score (nSPS) is 10.3. The predicted molar refractivity (Wildman–Crippen MR) is 63.1 cm³/mol. The summed E-state index contributed by atoms with van der Waals surface area (Å²) in [5.74, 6) is 1.92. The third kappa shape index (κ3) is 11.7. The molecule has 0 unspecified atom stereocenters. The van der Waals surface area contributed by atoms with Crippen LogP contribution in [0.25, 0.3) is 0 Å². The van der Waals surface area contributed by atoms with Gasteiger partial charge in [0.1, 0.15) is 0 Å². The lowest BCUT2D eigenvalue weighted by molar-refractivity contribution is -0.140. The maximum atomic E-state index is 10.7. The van der Waals surface area contributed by atoms with Crippen LogP contribution in [0.5, 0.6) is 0 Å². The molecule has 0 aromatic carbocycles. The molecule has 0 radical (unpaired) electrons. The Kier molecular flexibility index (Phi) is 11.6. The van der Waals surface area contributed by atoms with Gasteiger partial charge in [0.05, 0.1) is 7.11 Å². The standard InChI is InChI=1S/C10H21NO3S/c1-14-10(13)4-2-5-11-6-9-15-8-3-7-12/h11-12H,2-9H2,1H3. The number of hydrogen-bond acceptors (Lipinski definition) is 5. The summed E-state index contributed by atoms with van der Waals surface area (Å²) in [7, 11) is 1.41. The number of methoxy groups -OCH3 is 1. The lowest BCUT2D eigenvalue weighted by Gasteiger charge is -2.03. The number of nitrogens with one attached hydrogen (secondary N) is 1. The van der Waals surface area contributed by atoms with E-state index in [9.17, 15) is 4.79 Å². The molecular weight excluding hydrogens is 214 g/mol. The van der Waals surface area contributed by atoms with Gasteiger partial charge in [0.2, 0.25) is 0 Å². The van der Waals surface area contributed by atoms with E-state index in [1.165, 1.54) is 7.11 Å². The molecule has 0 aromatic rings. The molecule has 0 aromatic heterocycles. The summed E-state index contributed by atoms with van der Waals surface area (Å²) >= 11 is 1.83. The second-order valence-electron chi connectivity index (χ2n) is 3.12. The molecule has 0 aliphatic carbocycles. The maximum Gasteiger partial charge on any atom is 0.305 e. The Labute approximate surface area is 95.8 Å². The zero-order valence-corrected chi connectivity index (χ0v) is 10.1. The minimum absolute atomic E-state index is 0.144. The van der Waals surface area contributed by atoms with Gasteiger partial charge in [-0.15, -0.1) is 0 Å². The number of ether oxygens (including phenoxy) is 1. The van der Waals surface area contributed by atoms with Crippen LogP contribution in [-0.4, -0.2) is 49.4 Å². The van der Waals surface area contributed by atoms with Crippen LogP contribution in [0.3, 0.4) is 0 Å². The molecule has 2 N–H and O–H groups in total. The third-order valence-electron chi connectivity index (χ3n) is 1.83. The summed E-state index contributed by atoms with van der Waals surface area (Å²) in [5.41, 5.74) is 0. The van der Waals surface area contributed by atoms with Gasteiger partial charge >= 0.3 is 5.97 Å². The number of aliphatic hydroxyl groups is 1. The molecule has 0 atom stereocenters. The van der Waals surface area contributed by atoms with Crippen molar-refractivity contribution in [2.45, 2.75) is 19.3 Å². The van der Waals surface area contributed by atoms with Crippen molar-refractivity contribution >= 4 is 17.7 Å². The van der Waals surface area contributed by atoms with Crippen molar-refractivity contribution in [1.82, 2.24) is 5.32 Å². The molecule has 0 amide bonds. The zero-order valence-electron chi connectivity index (χ0n) is 9.33. The Hall–Kier alpha value is -0.260. The number of hydrogen-bond donors (Lipinski definition) is 2. The Morgan fingerprint density at radius 1 is 1.33 bits per heavy atom. The van der Waals surface area contributed by atoms with E-state index in [0.717, 1.165) is 37.4 Å². The first-order chi connectivity index (χ1) is 7.31. The molecule has 0 heterocycles.